The molecule has 1 rings (SSSR count). The van der Waals surface area contributed by atoms with Crippen LogP contribution in [0.3, 0.4) is 0 Å². The maximum Gasteiger partial charge on any atom is 0.136 e. The lowest BCUT2D eigenvalue weighted by molar-refractivity contribution is 0.425. The number of nitrogens with two attached hydrogens (primary N) is 1. The van der Waals surface area contributed by atoms with Crippen LogP contribution in [-0.2, 0) is 0 Å². The van der Waals surface area contributed by atoms with Crippen LogP contribution >= 0.6 is 12.4 Å². The van der Waals surface area contributed by atoms with Crippen LogP contribution in [0.5, 0.6) is 0 Å². The van der Waals surface area contributed by atoms with Crippen LogP contribution in [0.4, 0.5) is 5.82 Å². The number of halogens is 1. The van der Waals surface area contributed by atoms with Gasteiger partial charge in [-0.1, -0.05) is 0 Å². The smallest absolute Gasteiger partial charge is 0.136 e. The summed E-state index contributed by atoms with van der Waals surface area (Å²) in [6.45, 7) is 1.69. The Morgan fingerprint density at radius 1 is 1.56 bits per heavy atom. The molecule has 1 aromatic rings. The Bertz CT molecular complexity index is 340. The summed E-state index contributed by atoms with van der Waals surface area (Å²) in [7, 11) is 4.01. The molecule has 0 fully saturated rings. The van der Waals surface area contributed by atoms with Crippen molar-refractivity contribution in [3.8, 4) is 0 Å². The Morgan fingerprint density at radius 2 is 2.25 bits per heavy atom. The van der Waals surface area contributed by atoms with Gasteiger partial charge < -0.3 is 16.0 Å². The topological polar surface area (TPSA) is 78.0 Å². The lowest BCUT2D eigenvalue weighted by Gasteiger charge is -2.12. The molecule has 0 aliphatic rings. The van der Waals surface area contributed by atoms with Gasteiger partial charge in [0.2, 0.25) is 0 Å². The van der Waals surface area contributed by atoms with E-state index in [9.17, 15) is 0 Å². The molecule has 0 aliphatic carbocycles. The fourth-order valence-corrected chi connectivity index (χ4v) is 1.16. The summed E-state index contributed by atoms with van der Waals surface area (Å²) < 4.78 is 0. The van der Waals surface area contributed by atoms with Gasteiger partial charge in [0.25, 0.3) is 0 Å². The largest absolute Gasteiger partial charge is 0.384 e. The molecular formula is C10H18ClN5. The molecule has 5 nitrogen and oxygen atoms in total. The Morgan fingerprint density at radius 3 is 2.81 bits per heavy atom. The maximum atomic E-state index is 7.38. The first kappa shape index (κ1) is 14.7. The van der Waals surface area contributed by atoms with E-state index in [1.165, 1.54) is 0 Å². The highest BCUT2D eigenvalue weighted by Crippen LogP contribution is 2.09. The summed E-state index contributed by atoms with van der Waals surface area (Å²) in [6, 6.07) is 3.56. The van der Waals surface area contributed by atoms with Crippen molar-refractivity contribution in [2.75, 3.05) is 32.5 Å². The van der Waals surface area contributed by atoms with Crippen molar-refractivity contribution in [1.29, 1.82) is 5.41 Å². The molecule has 6 heteroatoms. The molecule has 0 bridgehead atoms. The summed E-state index contributed by atoms with van der Waals surface area (Å²) in [5.74, 6) is 0.710. The summed E-state index contributed by atoms with van der Waals surface area (Å²) in [5.41, 5.74) is 6.09. The maximum absolute atomic E-state index is 7.38. The number of hydrogen-bond donors (Lipinski definition) is 3. The second-order valence-corrected chi connectivity index (χ2v) is 3.54. The Balaban J connectivity index is 0.00000225. The molecule has 0 saturated heterocycles. The van der Waals surface area contributed by atoms with Crippen LogP contribution in [0.15, 0.2) is 18.3 Å². The molecule has 16 heavy (non-hydrogen) atoms. The minimum absolute atomic E-state index is 0. The lowest BCUT2D eigenvalue weighted by atomic mass is 10.2. The highest BCUT2D eigenvalue weighted by molar-refractivity contribution is 5.99. The first-order valence-electron chi connectivity index (χ1n) is 4.79. The SMILES string of the molecule is CN(C)CCNc1ncccc1C(=N)N.Cl. The molecule has 0 amide bonds. The zero-order chi connectivity index (χ0) is 11.3. The summed E-state index contributed by atoms with van der Waals surface area (Å²) in [4.78, 5) is 6.22. The first-order valence-corrected chi connectivity index (χ1v) is 4.79. The van der Waals surface area contributed by atoms with Crippen LogP contribution in [0.2, 0.25) is 0 Å². The van der Waals surface area contributed by atoms with Gasteiger partial charge in [0, 0.05) is 19.3 Å². The number of nitrogens with one attached hydrogen (secondary N) is 2. The van der Waals surface area contributed by atoms with E-state index in [1.54, 1.807) is 18.3 Å². The molecular weight excluding hydrogens is 226 g/mol. The van der Waals surface area contributed by atoms with Crippen molar-refractivity contribution in [2.45, 2.75) is 0 Å². The second-order valence-electron chi connectivity index (χ2n) is 3.54. The standard InChI is InChI=1S/C10H17N5.ClH/c1-15(2)7-6-14-10-8(9(11)12)4-3-5-13-10;/h3-5H,6-7H2,1-2H3,(H3,11,12)(H,13,14);1H. The van der Waals surface area contributed by atoms with Gasteiger partial charge in [-0.25, -0.2) is 4.98 Å². The Hall–Kier alpha value is -1.33. The minimum Gasteiger partial charge on any atom is -0.384 e. The number of likely N-dealkylation sites (N-methyl/N-ethyl adjacent to an activating group) is 1. The number of nitrogen functional groups attached to an aromatic ring is 1. The Labute approximate surface area is 102 Å². The van der Waals surface area contributed by atoms with E-state index < -0.39 is 0 Å². The van der Waals surface area contributed by atoms with E-state index >= 15 is 0 Å². The molecule has 0 radical (unpaired) electrons. The molecule has 0 unspecified atom stereocenters. The number of hydrogen-bond acceptors (Lipinski definition) is 4. The van der Waals surface area contributed by atoms with Gasteiger partial charge in [-0.05, 0) is 26.2 Å². The fraction of sp³-hybridized carbons (Fsp3) is 0.400. The van der Waals surface area contributed by atoms with Gasteiger partial charge in [-0.2, -0.15) is 0 Å². The summed E-state index contributed by atoms with van der Waals surface area (Å²) in [6.07, 6.45) is 1.68. The number of anilines is 1. The fourth-order valence-electron chi connectivity index (χ4n) is 1.16. The molecule has 4 N–H and O–H groups in total. The van der Waals surface area contributed by atoms with E-state index in [4.69, 9.17) is 11.1 Å². The van der Waals surface area contributed by atoms with Gasteiger partial charge in [0.1, 0.15) is 11.7 Å². The number of aromatic nitrogens is 1. The van der Waals surface area contributed by atoms with Crippen LogP contribution in [0.25, 0.3) is 0 Å². The third kappa shape index (κ3) is 4.46. The van der Waals surface area contributed by atoms with E-state index in [-0.39, 0.29) is 18.2 Å². The number of pyridine rings is 1. The molecule has 90 valence electrons. The predicted octanol–water partition coefficient (Wildman–Crippen LogP) is 0.761. The summed E-state index contributed by atoms with van der Waals surface area (Å²) >= 11 is 0. The number of amidine groups is 1. The summed E-state index contributed by atoms with van der Waals surface area (Å²) in [5, 5.41) is 10.5. The zero-order valence-electron chi connectivity index (χ0n) is 9.53. The van der Waals surface area contributed by atoms with Crippen LogP contribution in [-0.4, -0.2) is 42.9 Å². The van der Waals surface area contributed by atoms with Crippen molar-refractivity contribution < 1.29 is 0 Å². The molecule has 0 atom stereocenters. The van der Waals surface area contributed by atoms with Crippen LogP contribution in [0.1, 0.15) is 5.56 Å². The molecule has 0 saturated carbocycles. The van der Waals surface area contributed by atoms with Gasteiger partial charge in [-0.15, -0.1) is 12.4 Å². The van der Waals surface area contributed by atoms with Crippen molar-refractivity contribution in [1.82, 2.24) is 9.88 Å². The number of rotatable bonds is 5. The molecule has 0 spiro atoms. The quantitative estimate of drug-likeness (QED) is 0.527. The van der Waals surface area contributed by atoms with Crippen LogP contribution in [0, 0.1) is 5.41 Å². The van der Waals surface area contributed by atoms with E-state index in [2.05, 4.69) is 15.2 Å². The highest BCUT2D eigenvalue weighted by Gasteiger charge is 2.04. The third-order valence-corrected chi connectivity index (χ3v) is 1.95. The molecule has 0 aliphatic heterocycles. The van der Waals surface area contributed by atoms with Crippen molar-refractivity contribution in [2.24, 2.45) is 5.73 Å². The highest BCUT2D eigenvalue weighted by atomic mass is 35.5. The lowest BCUT2D eigenvalue weighted by Crippen LogP contribution is -2.23. The van der Waals surface area contributed by atoms with Gasteiger partial charge in [-0.3, -0.25) is 5.41 Å². The van der Waals surface area contributed by atoms with Gasteiger partial charge in [0.05, 0.1) is 5.56 Å². The first-order chi connectivity index (χ1) is 7.11. The second kappa shape index (κ2) is 7.03. The monoisotopic (exact) mass is 243 g/mol. The minimum atomic E-state index is 0. The van der Waals surface area contributed by atoms with E-state index in [0.717, 1.165) is 13.1 Å². The van der Waals surface area contributed by atoms with E-state index in [0.29, 0.717) is 11.4 Å². The average molecular weight is 244 g/mol. The number of nitrogens with zero attached hydrogens (tertiary/aromatic N) is 2. The van der Waals surface area contributed by atoms with E-state index in [1.807, 2.05) is 14.1 Å². The Kier molecular flexibility index (Phi) is 6.44. The molecule has 0 aromatic carbocycles. The third-order valence-electron chi connectivity index (χ3n) is 1.95. The molecule has 1 aromatic heterocycles. The zero-order valence-corrected chi connectivity index (χ0v) is 10.3. The predicted molar refractivity (Wildman–Crippen MR) is 69.5 cm³/mol. The molecule has 1 heterocycles. The van der Waals surface area contributed by atoms with Crippen LogP contribution < -0.4 is 11.1 Å². The van der Waals surface area contributed by atoms with Crippen molar-refractivity contribution in [3.05, 3.63) is 23.9 Å². The van der Waals surface area contributed by atoms with Gasteiger partial charge in [0.15, 0.2) is 0 Å². The normalized spacial score (nSPS) is 9.69. The van der Waals surface area contributed by atoms with Crippen molar-refractivity contribution >= 4 is 24.1 Å². The van der Waals surface area contributed by atoms with Gasteiger partial charge >= 0.3 is 0 Å². The average Bonchev–Trinajstić information content (AvgIpc) is 2.17. The van der Waals surface area contributed by atoms with Crippen molar-refractivity contribution in [3.63, 3.8) is 0 Å².